The molecule has 1 aromatic carbocycles. The molecule has 1 fully saturated rings. The van der Waals surface area contributed by atoms with Gasteiger partial charge in [-0.2, -0.15) is 0 Å². The number of benzene rings is 1. The Kier molecular flexibility index (Phi) is 3.12. The van der Waals surface area contributed by atoms with E-state index in [1.807, 2.05) is 25.1 Å². The maximum absolute atomic E-state index is 12.2. The number of carbonyl (C=O) groups is 1. The van der Waals surface area contributed by atoms with Gasteiger partial charge in [0.1, 0.15) is 0 Å². The first-order valence-corrected chi connectivity index (χ1v) is 6.47. The summed E-state index contributed by atoms with van der Waals surface area (Å²) in [5.41, 5.74) is 1.99. The molecule has 0 spiro atoms. The summed E-state index contributed by atoms with van der Waals surface area (Å²) >= 11 is 6.10. The van der Waals surface area contributed by atoms with Gasteiger partial charge in [0.25, 0.3) is 5.91 Å². The van der Waals surface area contributed by atoms with Crippen LogP contribution in [0.1, 0.15) is 16.1 Å². The van der Waals surface area contributed by atoms with Crippen molar-refractivity contribution in [3.05, 3.63) is 40.5 Å². The minimum atomic E-state index is -0.111. The number of nitrogens with one attached hydrogen (secondary N) is 1. The molecule has 0 bridgehead atoms. The third kappa shape index (κ3) is 2.29. The molecule has 2 aromatic rings. The Morgan fingerprint density at radius 3 is 2.95 bits per heavy atom. The molecule has 3 rings (SSSR count). The summed E-state index contributed by atoms with van der Waals surface area (Å²) in [7, 11) is 0. The number of rotatable bonds is 2. The van der Waals surface area contributed by atoms with Gasteiger partial charge in [-0.25, -0.2) is 0 Å². The van der Waals surface area contributed by atoms with Crippen molar-refractivity contribution in [1.29, 1.82) is 0 Å². The van der Waals surface area contributed by atoms with Gasteiger partial charge in [0, 0.05) is 5.39 Å². The SMILES string of the molecule is Cc1nc2c(Cl)cccc2cc1C(=O)NC1COC1. The largest absolute Gasteiger partial charge is 0.377 e. The van der Waals surface area contributed by atoms with E-state index in [1.165, 1.54) is 0 Å². The third-order valence-corrected chi connectivity index (χ3v) is 3.51. The number of ether oxygens (including phenoxy) is 1. The number of halogens is 1. The van der Waals surface area contributed by atoms with Crippen LogP contribution in [0.25, 0.3) is 10.9 Å². The number of aromatic nitrogens is 1. The summed E-state index contributed by atoms with van der Waals surface area (Å²) in [5.74, 6) is -0.111. The van der Waals surface area contributed by atoms with Gasteiger partial charge in [-0.15, -0.1) is 0 Å². The zero-order valence-electron chi connectivity index (χ0n) is 10.4. The van der Waals surface area contributed by atoms with Crippen LogP contribution in [0.2, 0.25) is 5.02 Å². The number of amides is 1. The number of fused-ring (bicyclic) bond motifs is 1. The first kappa shape index (κ1) is 12.4. The Labute approximate surface area is 115 Å². The molecule has 19 heavy (non-hydrogen) atoms. The quantitative estimate of drug-likeness (QED) is 0.916. The second-order valence-electron chi connectivity index (χ2n) is 4.64. The Bertz CT molecular complexity index is 653. The third-order valence-electron chi connectivity index (χ3n) is 3.21. The van der Waals surface area contributed by atoms with Gasteiger partial charge in [0.05, 0.1) is 41.1 Å². The maximum atomic E-state index is 12.2. The van der Waals surface area contributed by atoms with Crippen molar-refractivity contribution >= 4 is 28.4 Å². The lowest BCUT2D eigenvalue weighted by Gasteiger charge is -2.27. The number of pyridine rings is 1. The van der Waals surface area contributed by atoms with Crippen LogP contribution in [0.5, 0.6) is 0 Å². The fourth-order valence-electron chi connectivity index (χ4n) is 2.07. The van der Waals surface area contributed by atoms with Crippen molar-refractivity contribution in [2.75, 3.05) is 13.2 Å². The standard InChI is InChI=1S/C14H13ClN2O2/c1-8-11(14(18)17-10-6-19-7-10)5-9-3-2-4-12(15)13(9)16-8/h2-5,10H,6-7H2,1H3,(H,17,18). The molecule has 98 valence electrons. The first-order chi connectivity index (χ1) is 9.15. The predicted molar refractivity (Wildman–Crippen MR) is 73.6 cm³/mol. The van der Waals surface area contributed by atoms with Crippen molar-refractivity contribution in [3.63, 3.8) is 0 Å². The van der Waals surface area contributed by atoms with Crippen LogP contribution >= 0.6 is 11.6 Å². The van der Waals surface area contributed by atoms with Crippen LogP contribution < -0.4 is 5.32 Å². The number of aryl methyl sites for hydroxylation is 1. The number of hydrogen-bond donors (Lipinski definition) is 1. The minimum Gasteiger partial charge on any atom is -0.377 e. The summed E-state index contributed by atoms with van der Waals surface area (Å²) in [6.45, 7) is 2.98. The van der Waals surface area contributed by atoms with E-state index in [1.54, 1.807) is 6.07 Å². The summed E-state index contributed by atoms with van der Waals surface area (Å²) in [5, 5.41) is 4.38. The lowest BCUT2D eigenvalue weighted by atomic mass is 10.1. The van der Waals surface area contributed by atoms with E-state index in [-0.39, 0.29) is 11.9 Å². The zero-order chi connectivity index (χ0) is 13.4. The average Bonchev–Trinajstić information content (AvgIpc) is 2.34. The highest BCUT2D eigenvalue weighted by molar-refractivity contribution is 6.35. The molecule has 1 saturated heterocycles. The summed E-state index contributed by atoms with van der Waals surface area (Å²) < 4.78 is 5.04. The highest BCUT2D eigenvalue weighted by atomic mass is 35.5. The second kappa shape index (κ2) is 4.79. The molecule has 4 nitrogen and oxygen atoms in total. The molecule has 1 aliphatic heterocycles. The predicted octanol–water partition coefficient (Wildman–Crippen LogP) is 2.33. The molecule has 5 heteroatoms. The average molecular weight is 277 g/mol. The Hall–Kier alpha value is -1.65. The van der Waals surface area contributed by atoms with Crippen molar-refractivity contribution < 1.29 is 9.53 Å². The van der Waals surface area contributed by atoms with Crippen LogP contribution in [0.3, 0.4) is 0 Å². The van der Waals surface area contributed by atoms with Crippen LogP contribution in [0.4, 0.5) is 0 Å². The van der Waals surface area contributed by atoms with Crippen molar-refractivity contribution in [1.82, 2.24) is 10.3 Å². The molecule has 1 aromatic heterocycles. The normalized spacial score (nSPS) is 15.3. The minimum absolute atomic E-state index is 0.111. The summed E-state index contributed by atoms with van der Waals surface area (Å²) in [6.07, 6.45) is 0. The number of para-hydroxylation sites is 1. The van der Waals surface area contributed by atoms with E-state index in [0.29, 0.717) is 29.5 Å². The molecule has 1 aliphatic rings. The number of carbonyl (C=O) groups excluding carboxylic acids is 1. The molecular weight excluding hydrogens is 264 g/mol. The molecule has 0 aliphatic carbocycles. The molecule has 0 atom stereocenters. The molecule has 0 saturated carbocycles. The first-order valence-electron chi connectivity index (χ1n) is 6.09. The van der Waals surface area contributed by atoms with Gasteiger partial charge in [-0.3, -0.25) is 9.78 Å². The highest BCUT2D eigenvalue weighted by Crippen LogP contribution is 2.23. The second-order valence-corrected chi connectivity index (χ2v) is 5.05. The van der Waals surface area contributed by atoms with Gasteiger partial charge < -0.3 is 10.1 Å². The topological polar surface area (TPSA) is 51.2 Å². The summed E-state index contributed by atoms with van der Waals surface area (Å²) in [4.78, 5) is 16.6. The fraction of sp³-hybridized carbons (Fsp3) is 0.286. The van der Waals surface area contributed by atoms with E-state index < -0.39 is 0 Å². The van der Waals surface area contributed by atoms with Crippen LogP contribution in [-0.2, 0) is 4.74 Å². The molecule has 0 radical (unpaired) electrons. The van der Waals surface area contributed by atoms with Crippen molar-refractivity contribution in [2.45, 2.75) is 13.0 Å². The molecular formula is C14H13ClN2O2. The van der Waals surface area contributed by atoms with E-state index in [2.05, 4.69) is 10.3 Å². The number of hydrogen-bond acceptors (Lipinski definition) is 3. The van der Waals surface area contributed by atoms with Crippen molar-refractivity contribution in [3.8, 4) is 0 Å². The van der Waals surface area contributed by atoms with E-state index in [4.69, 9.17) is 16.3 Å². The lowest BCUT2D eigenvalue weighted by molar-refractivity contribution is -0.00347. The van der Waals surface area contributed by atoms with Crippen LogP contribution in [0.15, 0.2) is 24.3 Å². The fourth-order valence-corrected chi connectivity index (χ4v) is 2.29. The van der Waals surface area contributed by atoms with E-state index in [0.717, 1.165) is 10.9 Å². The Balaban J connectivity index is 1.98. The highest BCUT2D eigenvalue weighted by Gasteiger charge is 2.22. The van der Waals surface area contributed by atoms with Gasteiger partial charge in [-0.1, -0.05) is 23.7 Å². The van der Waals surface area contributed by atoms with Crippen LogP contribution in [-0.4, -0.2) is 30.1 Å². The van der Waals surface area contributed by atoms with E-state index in [9.17, 15) is 4.79 Å². The monoisotopic (exact) mass is 276 g/mol. The Morgan fingerprint density at radius 1 is 1.47 bits per heavy atom. The van der Waals surface area contributed by atoms with Gasteiger partial charge >= 0.3 is 0 Å². The molecule has 1 N–H and O–H groups in total. The number of nitrogens with zero attached hydrogens (tertiary/aromatic N) is 1. The molecule has 2 heterocycles. The molecule has 0 unspecified atom stereocenters. The zero-order valence-corrected chi connectivity index (χ0v) is 11.2. The van der Waals surface area contributed by atoms with Gasteiger partial charge in [0.2, 0.25) is 0 Å². The molecule has 1 amide bonds. The lowest BCUT2D eigenvalue weighted by Crippen LogP contribution is -2.48. The maximum Gasteiger partial charge on any atom is 0.253 e. The van der Waals surface area contributed by atoms with Gasteiger partial charge in [0.15, 0.2) is 0 Å². The van der Waals surface area contributed by atoms with Crippen LogP contribution in [0, 0.1) is 6.92 Å². The van der Waals surface area contributed by atoms with Crippen molar-refractivity contribution in [2.24, 2.45) is 0 Å². The van der Waals surface area contributed by atoms with E-state index >= 15 is 0 Å². The van der Waals surface area contributed by atoms with Gasteiger partial charge in [-0.05, 0) is 19.1 Å². The smallest absolute Gasteiger partial charge is 0.253 e. The summed E-state index contributed by atoms with van der Waals surface area (Å²) in [6, 6.07) is 7.49. The Morgan fingerprint density at radius 2 is 2.26 bits per heavy atom.